The third-order valence-electron chi connectivity index (χ3n) is 5.67. The molecule has 7 heteroatoms. The van der Waals surface area contributed by atoms with E-state index in [2.05, 4.69) is 5.10 Å². The van der Waals surface area contributed by atoms with Crippen LogP contribution in [0.2, 0.25) is 0 Å². The van der Waals surface area contributed by atoms with Crippen molar-refractivity contribution in [2.75, 3.05) is 5.01 Å². The number of hydrogen-bond donors (Lipinski definition) is 0. The SMILES string of the molecule is O=C(OCc1cc(=O)oc2cc3c(cc12)CCC3)C1=NN(c2ccccc2)C(=O)CC1. The quantitative estimate of drug-likeness (QED) is 0.480. The van der Waals surface area contributed by atoms with E-state index in [0.29, 0.717) is 16.8 Å². The third kappa shape index (κ3) is 3.74. The number of benzene rings is 2. The Labute approximate surface area is 177 Å². The summed E-state index contributed by atoms with van der Waals surface area (Å²) >= 11 is 0. The van der Waals surface area contributed by atoms with Crippen LogP contribution in [0.25, 0.3) is 11.0 Å². The van der Waals surface area contributed by atoms with E-state index in [4.69, 9.17) is 9.15 Å². The second kappa shape index (κ2) is 7.83. The second-order valence-corrected chi connectivity index (χ2v) is 7.73. The summed E-state index contributed by atoms with van der Waals surface area (Å²) in [6, 6.07) is 14.2. The van der Waals surface area contributed by atoms with Gasteiger partial charge < -0.3 is 9.15 Å². The molecule has 0 unspecified atom stereocenters. The first-order valence-electron chi connectivity index (χ1n) is 10.3. The summed E-state index contributed by atoms with van der Waals surface area (Å²) in [6.45, 7) is -0.0714. The molecule has 5 rings (SSSR count). The minimum Gasteiger partial charge on any atom is -0.456 e. The second-order valence-electron chi connectivity index (χ2n) is 7.73. The fraction of sp³-hybridized carbons (Fsp3) is 0.250. The summed E-state index contributed by atoms with van der Waals surface area (Å²) in [5.41, 5.74) is 3.84. The van der Waals surface area contributed by atoms with Crippen molar-refractivity contribution >= 4 is 34.2 Å². The van der Waals surface area contributed by atoms with Gasteiger partial charge in [-0.05, 0) is 54.7 Å². The van der Waals surface area contributed by atoms with Crippen LogP contribution in [0.3, 0.4) is 0 Å². The lowest BCUT2D eigenvalue weighted by molar-refractivity contribution is -0.137. The van der Waals surface area contributed by atoms with E-state index in [1.165, 1.54) is 22.2 Å². The molecule has 2 aromatic carbocycles. The molecule has 1 aromatic heterocycles. The van der Waals surface area contributed by atoms with Gasteiger partial charge in [-0.15, -0.1) is 0 Å². The minimum atomic E-state index is -0.601. The Kier molecular flexibility index (Phi) is 4.86. The molecule has 2 aliphatic rings. The summed E-state index contributed by atoms with van der Waals surface area (Å²) in [6.07, 6.45) is 3.43. The molecule has 0 atom stereocenters. The summed E-state index contributed by atoms with van der Waals surface area (Å²) in [7, 11) is 0. The number of ether oxygens (including phenoxy) is 1. The van der Waals surface area contributed by atoms with Crippen molar-refractivity contribution in [3.8, 4) is 0 Å². The number of hydrazone groups is 1. The van der Waals surface area contributed by atoms with Gasteiger partial charge in [0, 0.05) is 29.9 Å². The molecule has 0 bridgehead atoms. The van der Waals surface area contributed by atoms with Crippen molar-refractivity contribution in [1.29, 1.82) is 0 Å². The fourth-order valence-corrected chi connectivity index (χ4v) is 4.11. The number of para-hydroxylation sites is 1. The highest BCUT2D eigenvalue weighted by molar-refractivity contribution is 6.38. The van der Waals surface area contributed by atoms with E-state index in [1.807, 2.05) is 18.2 Å². The van der Waals surface area contributed by atoms with Crippen LogP contribution in [0, 0.1) is 0 Å². The van der Waals surface area contributed by atoms with Crippen molar-refractivity contribution in [2.24, 2.45) is 5.10 Å². The first-order valence-corrected chi connectivity index (χ1v) is 10.3. The van der Waals surface area contributed by atoms with Gasteiger partial charge in [-0.1, -0.05) is 18.2 Å². The lowest BCUT2D eigenvalue weighted by Gasteiger charge is -2.22. The first kappa shape index (κ1) is 19.2. The maximum atomic E-state index is 12.7. The van der Waals surface area contributed by atoms with Crippen molar-refractivity contribution in [3.63, 3.8) is 0 Å². The minimum absolute atomic E-state index is 0.0714. The van der Waals surface area contributed by atoms with Crippen molar-refractivity contribution in [1.82, 2.24) is 0 Å². The Morgan fingerprint density at radius 3 is 2.58 bits per heavy atom. The van der Waals surface area contributed by atoms with Crippen LogP contribution in [-0.2, 0) is 33.8 Å². The van der Waals surface area contributed by atoms with E-state index < -0.39 is 11.6 Å². The van der Waals surface area contributed by atoms with Gasteiger partial charge in [0.1, 0.15) is 17.9 Å². The fourth-order valence-electron chi connectivity index (χ4n) is 4.11. The lowest BCUT2D eigenvalue weighted by Crippen LogP contribution is -2.34. The number of anilines is 1. The number of fused-ring (bicyclic) bond motifs is 2. The number of esters is 1. The zero-order valence-electron chi connectivity index (χ0n) is 16.8. The summed E-state index contributed by atoms with van der Waals surface area (Å²) in [5.74, 6) is -0.778. The Balaban J connectivity index is 1.39. The van der Waals surface area contributed by atoms with Crippen LogP contribution in [0.15, 0.2) is 62.8 Å². The number of nitrogens with zero attached hydrogens (tertiary/aromatic N) is 2. The Morgan fingerprint density at radius 1 is 1.00 bits per heavy atom. The third-order valence-corrected chi connectivity index (χ3v) is 5.67. The van der Waals surface area contributed by atoms with E-state index in [-0.39, 0.29) is 31.1 Å². The van der Waals surface area contributed by atoms with E-state index in [1.54, 1.807) is 24.3 Å². The predicted octanol–water partition coefficient (Wildman–Crippen LogP) is 3.51. The smallest absolute Gasteiger partial charge is 0.354 e. The van der Waals surface area contributed by atoms with Crippen LogP contribution in [0.4, 0.5) is 5.69 Å². The molecular formula is C24H20N2O5. The Morgan fingerprint density at radius 2 is 1.77 bits per heavy atom. The summed E-state index contributed by atoms with van der Waals surface area (Å²) in [5, 5.41) is 6.23. The standard InChI is InChI=1S/C24H20N2O5/c27-22-10-9-20(25-26(22)18-7-2-1-3-8-18)24(29)30-14-17-13-23(28)31-21-12-16-6-4-5-15(16)11-19(17)21/h1-3,7-8,11-13H,4-6,9-10,14H2. The number of amides is 1. The summed E-state index contributed by atoms with van der Waals surface area (Å²) in [4.78, 5) is 36.9. The normalized spacial score (nSPS) is 15.7. The molecule has 1 aliphatic heterocycles. The zero-order valence-corrected chi connectivity index (χ0v) is 16.8. The van der Waals surface area contributed by atoms with Crippen molar-refractivity contribution in [3.05, 3.63) is 75.6 Å². The van der Waals surface area contributed by atoms with Gasteiger partial charge in [-0.3, -0.25) is 4.79 Å². The highest BCUT2D eigenvalue weighted by atomic mass is 16.5. The molecule has 7 nitrogen and oxygen atoms in total. The predicted molar refractivity (Wildman–Crippen MR) is 115 cm³/mol. The number of rotatable bonds is 4. The van der Waals surface area contributed by atoms with Gasteiger partial charge >= 0.3 is 11.6 Å². The first-order chi connectivity index (χ1) is 15.1. The molecule has 2 heterocycles. The molecule has 0 spiro atoms. The van der Waals surface area contributed by atoms with Crippen LogP contribution in [-0.4, -0.2) is 17.6 Å². The molecular weight excluding hydrogens is 396 g/mol. The number of carbonyl (C=O) groups is 2. The summed E-state index contributed by atoms with van der Waals surface area (Å²) < 4.78 is 10.8. The van der Waals surface area contributed by atoms with E-state index in [9.17, 15) is 14.4 Å². The highest BCUT2D eigenvalue weighted by Crippen LogP contribution is 2.29. The molecule has 31 heavy (non-hydrogen) atoms. The molecule has 156 valence electrons. The van der Waals surface area contributed by atoms with Gasteiger partial charge in [0.25, 0.3) is 0 Å². The van der Waals surface area contributed by atoms with E-state index in [0.717, 1.165) is 24.6 Å². The van der Waals surface area contributed by atoms with Crippen LogP contribution < -0.4 is 10.6 Å². The van der Waals surface area contributed by atoms with Crippen LogP contribution in [0.1, 0.15) is 36.0 Å². The molecule has 0 saturated heterocycles. The van der Waals surface area contributed by atoms with Crippen LogP contribution in [0.5, 0.6) is 0 Å². The topological polar surface area (TPSA) is 89.2 Å². The maximum absolute atomic E-state index is 12.7. The average molecular weight is 416 g/mol. The zero-order chi connectivity index (χ0) is 21.4. The molecule has 0 radical (unpaired) electrons. The number of hydrogen-bond acceptors (Lipinski definition) is 6. The molecule has 0 fully saturated rings. The molecule has 1 amide bonds. The molecule has 3 aromatic rings. The van der Waals surface area contributed by atoms with Gasteiger partial charge in [0.2, 0.25) is 5.91 Å². The molecule has 0 N–H and O–H groups in total. The largest absolute Gasteiger partial charge is 0.456 e. The lowest BCUT2D eigenvalue weighted by atomic mass is 10.0. The van der Waals surface area contributed by atoms with Crippen LogP contribution >= 0.6 is 0 Å². The Bertz CT molecular complexity index is 1280. The maximum Gasteiger partial charge on any atom is 0.354 e. The Hall–Kier alpha value is -3.74. The van der Waals surface area contributed by atoms with Crippen molar-refractivity contribution < 1.29 is 18.7 Å². The number of carbonyl (C=O) groups excluding carboxylic acids is 2. The van der Waals surface area contributed by atoms with Gasteiger partial charge in [-0.25, -0.2) is 14.6 Å². The monoisotopic (exact) mass is 416 g/mol. The van der Waals surface area contributed by atoms with Gasteiger partial charge in [0.15, 0.2) is 0 Å². The molecule has 0 saturated carbocycles. The highest BCUT2D eigenvalue weighted by Gasteiger charge is 2.26. The van der Waals surface area contributed by atoms with Gasteiger partial charge in [0.05, 0.1) is 5.69 Å². The average Bonchev–Trinajstić information content (AvgIpc) is 3.24. The van der Waals surface area contributed by atoms with E-state index >= 15 is 0 Å². The number of aryl methyl sites for hydroxylation is 2. The van der Waals surface area contributed by atoms with Crippen molar-refractivity contribution in [2.45, 2.75) is 38.7 Å². The molecule has 1 aliphatic carbocycles. The van der Waals surface area contributed by atoms with Gasteiger partial charge in [-0.2, -0.15) is 5.10 Å².